The van der Waals surface area contributed by atoms with Crippen LogP contribution in [0.2, 0.25) is 0 Å². The SMILES string of the molecule is COC(=O)c1ccc2c(=O)c3c(ccc4cc(C56CC7CC(CC(C7)C5)C6)ccc43)oc2c1C(=O)OC. The Bertz CT molecular complexity index is 1660. The molecule has 0 atom stereocenters. The fraction of sp³-hybridized carbons (Fsp3) is 0.387. The minimum Gasteiger partial charge on any atom is -0.465 e. The highest BCUT2D eigenvalue weighted by Crippen LogP contribution is 2.60. The molecular formula is C31H28O6. The molecule has 0 unspecified atom stereocenters. The lowest BCUT2D eigenvalue weighted by Crippen LogP contribution is -2.48. The van der Waals surface area contributed by atoms with Crippen LogP contribution in [-0.4, -0.2) is 26.2 Å². The van der Waals surface area contributed by atoms with Crippen molar-refractivity contribution in [2.24, 2.45) is 17.8 Å². The van der Waals surface area contributed by atoms with Gasteiger partial charge in [0.2, 0.25) is 5.43 Å². The smallest absolute Gasteiger partial charge is 0.342 e. The second-order valence-electron chi connectivity index (χ2n) is 11.4. The van der Waals surface area contributed by atoms with Gasteiger partial charge in [-0.2, -0.15) is 0 Å². The number of rotatable bonds is 3. The van der Waals surface area contributed by atoms with Crippen LogP contribution in [0, 0.1) is 17.8 Å². The van der Waals surface area contributed by atoms with E-state index in [1.165, 1.54) is 70.4 Å². The van der Waals surface area contributed by atoms with Gasteiger partial charge in [0.1, 0.15) is 11.1 Å². The summed E-state index contributed by atoms with van der Waals surface area (Å²) >= 11 is 0. The molecule has 4 bridgehead atoms. The molecule has 4 fully saturated rings. The molecule has 0 saturated heterocycles. The van der Waals surface area contributed by atoms with E-state index in [2.05, 4.69) is 18.2 Å². The minimum absolute atomic E-state index is 0.00893. The molecule has 4 aliphatic rings. The summed E-state index contributed by atoms with van der Waals surface area (Å²) in [6, 6.07) is 13.3. The Balaban J connectivity index is 1.43. The fourth-order valence-corrected chi connectivity index (χ4v) is 8.12. The number of ether oxygens (including phenoxy) is 2. The van der Waals surface area contributed by atoms with Crippen LogP contribution in [0.5, 0.6) is 0 Å². The van der Waals surface area contributed by atoms with Gasteiger partial charge >= 0.3 is 11.9 Å². The molecule has 4 saturated carbocycles. The Labute approximate surface area is 213 Å². The largest absolute Gasteiger partial charge is 0.465 e. The van der Waals surface area contributed by atoms with Crippen LogP contribution in [0.25, 0.3) is 32.7 Å². The first-order valence-electron chi connectivity index (χ1n) is 13.0. The van der Waals surface area contributed by atoms with Crippen molar-refractivity contribution in [3.8, 4) is 0 Å². The summed E-state index contributed by atoms with van der Waals surface area (Å²) in [6.45, 7) is 0. The zero-order chi connectivity index (χ0) is 25.5. The van der Waals surface area contributed by atoms with E-state index >= 15 is 0 Å². The van der Waals surface area contributed by atoms with Gasteiger partial charge in [0.05, 0.1) is 30.6 Å². The van der Waals surface area contributed by atoms with E-state index in [4.69, 9.17) is 13.9 Å². The number of fused-ring (bicyclic) bond motifs is 4. The lowest BCUT2D eigenvalue weighted by atomic mass is 9.48. The van der Waals surface area contributed by atoms with Gasteiger partial charge < -0.3 is 13.9 Å². The van der Waals surface area contributed by atoms with Gasteiger partial charge in [-0.3, -0.25) is 4.79 Å². The fourth-order valence-electron chi connectivity index (χ4n) is 8.12. The van der Waals surface area contributed by atoms with Crippen LogP contribution < -0.4 is 5.43 Å². The maximum atomic E-state index is 13.8. The zero-order valence-electron chi connectivity index (χ0n) is 21.0. The third kappa shape index (κ3) is 3.20. The highest BCUT2D eigenvalue weighted by atomic mass is 16.5. The number of hydrogen-bond donors (Lipinski definition) is 0. The molecule has 4 aliphatic carbocycles. The number of benzene rings is 3. The first kappa shape index (κ1) is 22.5. The van der Waals surface area contributed by atoms with Gasteiger partial charge in [0.25, 0.3) is 0 Å². The lowest BCUT2D eigenvalue weighted by Gasteiger charge is -2.57. The molecule has 6 heteroatoms. The summed E-state index contributed by atoms with van der Waals surface area (Å²) in [6.07, 6.45) is 8.04. The molecule has 8 rings (SSSR count). The van der Waals surface area contributed by atoms with Crippen LogP contribution in [0.15, 0.2) is 51.7 Å². The van der Waals surface area contributed by atoms with E-state index in [9.17, 15) is 14.4 Å². The highest BCUT2D eigenvalue weighted by Gasteiger charge is 2.51. The Morgan fingerprint density at radius 3 is 2.14 bits per heavy atom. The van der Waals surface area contributed by atoms with Crippen molar-refractivity contribution in [3.05, 3.63) is 69.4 Å². The molecule has 4 aromatic rings. The summed E-state index contributed by atoms with van der Waals surface area (Å²) in [5, 5.41) is 2.55. The molecule has 0 aliphatic heterocycles. The van der Waals surface area contributed by atoms with E-state index in [1.807, 2.05) is 6.07 Å². The maximum absolute atomic E-state index is 13.8. The van der Waals surface area contributed by atoms with E-state index in [-0.39, 0.29) is 32.9 Å². The third-order valence-electron chi connectivity index (χ3n) is 9.27. The number of methoxy groups -OCH3 is 2. The average molecular weight is 497 g/mol. The van der Waals surface area contributed by atoms with Crippen molar-refractivity contribution in [1.82, 2.24) is 0 Å². The summed E-state index contributed by atoms with van der Waals surface area (Å²) in [5.41, 5.74) is 1.70. The molecule has 0 amide bonds. The molecule has 6 nitrogen and oxygen atoms in total. The molecule has 1 aromatic heterocycles. The minimum atomic E-state index is -0.769. The molecule has 0 radical (unpaired) electrons. The van der Waals surface area contributed by atoms with Gasteiger partial charge in [-0.05, 0) is 96.2 Å². The van der Waals surface area contributed by atoms with Crippen molar-refractivity contribution in [3.63, 3.8) is 0 Å². The van der Waals surface area contributed by atoms with Gasteiger partial charge in [-0.15, -0.1) is 0 Å². The maximum Gasteiger partial charge on any atom is 0.342 e. The topological polar surface area (TPSA) is 82.8 Å². The second kappa shape index (κ2) is 7.91. The monoisotopic (exact) mass is 496 g/mol. The Kier molecular flexibility index (Phi) is 4.82. The van der Waals surface area contributed by atoms with Crippen molar-refractivity contribution in [2.75, 3.05) is 14.2 Å². The van der Waals surface area contributed by atoms with Crippen LogP contribution in [0.1, 0.15) is 64.8 Å². The Hall–Kier alpha value is -3.67. The van der Waals surface area contributed by atoms with E-state index in [1.54, 1.807) is 6.07 Å². The third-order valence-corrected chi connectivity index (χ3v) is 9.27. The Morgan fingerprint density at radius 1 is 0.838 bits per heavy atom. The summed E-state index contributed by atoms with van der Waals surface area (Å²) < 4.78 is 15.9. The summed E-state index contributed by atoms with van der Waals surface area (Å²) in [5.74, 6) is 1.10. The number of hydrogen-bond acceptors (Lipinski definition) is 6. The van der Waals surface area contributed by atoms with Crippen LogP contribution in [-0.2, 0) is 14.9 Å². The zero-order valence-corrected chi connectivity index (χ0v) is 21.0. The predicted octanol–water partition coefficient (Wildman–Crippen LogP) is 6.14. The van der Waals surface area contributed by atoms with Gasteiger partial charge in [0.15, 0.2) is 5.58 Å². The number of carbonyl (C=O) groups is 2. The van der Waals surface area contributed by atoms with Crippen molar-refractivity contribution in [1.29, 1.82) is 0 Å². The standard InChI is InChI=1S/C31H28O6/c1-35-29(33)22-6-7-23-27(32)25-21-5-4-20(31-13-16-9-17(14-31)11-18(10-16)15-31)12-19(21)3-8-24(25)37-28(23)26(22)30(34)36-2/h3-8,12,16-18H,9-11,13-15H2,1-2H3. The van der Waals surface area contributed by atoms with E-state index in [0.29, 0.717) is 11.0 Å². The van der Waals surface area contributed by atoms with Gasteiger partial charge in [-0.1, -0.05) is 24.3 Å². The number of esters is 2. The summed E-state index contributed by atoms with van der Waals surface area (Å²) in [4.78, 5) is 38.8. The second-order valence-corrected chi connectivity index (χ2v) is 11.4. The van der Waals surface area contributed by atoms with Crippen molar-refractivity contribution >= 4 is 44.6 Å². The van der Waals surface area contributed by atoms with Gasteiger partial charge in [0, 0.05) is 0 Å². The van der Waals surface area contributed by atoms with E-state index < -0.39 is 11.9 Å². The molecule has 188 valence electrons. The first-order valence-corrected chi connectivity index (χ1v) is 13.0. The molecule has 0 spiro atoms. The van der Waals surface area contributed by atoms with Gasteiger partial charge in [-0.25, -0.2) is 9.59 Å². The van der Waals surface area contributed by atoms with Crippen molar-refractivity contribution in [2.45, 2.75) is 43.9 Å². The van der Waals surface area contributed by atoms with Crippen LogP contribution in [0.4, 0.5) is 0 Å². The highest BCUT2D eigenvalue weighted by molar-refractivity contribution is 6.14. The quantitative estimate of drug-likeness (QED) is 0.192. The van der Waals surface area contributed by atoms with Crippen LogP contribution >= 0.6 is 0 Å². The number of carbonyl (C=O) groups excluding carboxylic acids is 2. The van der Waals surface area contributed by atoms with E-state index in [0.717, 1.165) is 28.5 Å². The molecule has 1 heterocycles. The molecule has 3 aromatic carbocycles. The van der Waals surface area contributed by atoms with Crippen molar-refractivity contribution < 1.29 is 23.5 Å². The molecular weight excluding hydrogens is 468 g/mol. The summed E-state index contributed by atoms with van der Waals surface area (Å²) in [7, 11) is 2.45. The molecule has 37 heavy (non-hydrogen) atoms. The normalized spacial score (nSPS) is 26.2. The predicted molar refractivity (Wildman–Crippen MR) is 140 cm³/mol. The molecule has 0 N–H and O–H groups in total. The van der Waals surface area contributed by atoms with Crippen LogP contribution in [0.3, 0.4) is 0 Å². The Morgan fingerprint density at radius 2 is 1.49 bits per heavy atom. The lowest BCUT2D eigenvalue weighted by molar-refractivity contribution is -0.00513. The first-order chi connectivity index (χ1) is 17.9. The average Bonchev–Trinajstić information content (AvgIpc) is 2.90.